The minimum atomic E-state index is -4.61. The first kappa shape index (κ1) is 20.4. The van der Waals surface area contributed by atoms with Crippen LogP contribution in [0.4, 0.5) is 13.2 Å². The average molecular weight is 444 g/mol. The molecule has 1 aromatic carbocycles. The molecule has 3 aromatic heterocycles. The van der Waals surface area contributed by atoms with Crippen molar-refractivity contribution in [2.45, 2.75) is 31.9 Å². The van der Waals surface area contributed by atoms with Crippen molar-refractivity contribution < 1.29 is 23.1 Å². The topological polar surface area (TPSA) is 120 Å². The summed E-state index contributed by atoms with van der Waals surface area (Å²) in [4.78, 5) is 17.3. The number of alkyl halides is 3. The van der Waals surface area contributed by atoms with E-state index in [1.54, 1.807) is 12.1 Å². The molecule has 0 unspecified atom stereocenters. The standard InChI is InChI=1S/C21H19F3N6O2/c22-21(23,24)19-12(9-26-30-19)17-11-4-2-1-3-10(11)15-13(27-17)5-6-14-16(15)18(29-28-14)20(32)25-7-8-31/h5-6,9,31H,1-4,7-8H2,(H,25,32)(H,26,30)(H,28,29). The summed E-state index contributed by atoms with van der Waals surface area (Å²) >= 11 is 0. The minimum absolute atomic E-state index is 0.0780. The Bertz CT molecular complexity index is 1340. The predicted octanol–water partition coefficient (Wildman–Crippen LogP) is 3.12. The van der Waals surface area contributed by atoms with Crippen LogP contribution in [0.15, 0.2) is 18.3 Å². The average Bonchev–Trinajstić information content (AvgIpc) is 3.44. The number of nitrogens with zero attached hydrogens (tertiary/aromatic N) is 3. The number of pyridine rings is 1. The molecule has 1 aliphatic carbocycles. The highest BCUT2D eigenvalue weighted by Crippen LogP contribution is 2.41. The molecule has 0 saturated carbocycles. The molecule has 1 aliphatic rings. The van der Waals surface area contributed by atoms with Gasteiger partial charge in [-0.3, -0.25) is 15.0 Å². The first-order chi connectivity index (χ1) is 15.4. The SMILES string of the molecule is O=C(NCCO)c1n[nH]c2ccc3nc(-c4c[nH]nc4C(F)(F)F)c4c(c3c12)CCCC4. The molecule has 4 aromatic rings. The lowest BCUT2D eigenvalue weighted by Crippen LogP contribution is -2.26. The van der Waals surface area contributed by atoms with Crippen LogP contribution in [0.25, 0.3) is 33.1 Å². The molecule has 0 bridgehead atoms. The number of aliphatic hydroxyl groups excluding tert-OH is 1. The third kappa shape index (κ3) is 3.20. The summed E-state index contributed by atoms with van der Waals surface area (Å²) in [5, 5.41) is 25.7. The van der Waals surface area contributed by atoms with Crippen molar-refractivity contribution in [1.82, 2.24) is 30.7 Å². The third-order valence-corrected chi connectivity index (χ3v) is 5.77. The molecule has 11 heteroatoms. The number of rotatable bonds is 4. The Kier molecular flexibility index (Phi) is 4.85. The molecule has 0 aliphatic heterocycles. The van der Waals surface area contributed by atoms with E-state index in [1.165, 1.54) is 6.20 Å². The molecule has 0 fully saturated rings. The number of aryl methyl sites for hydroxylation is 1. The number of hydrogen-bond acceptors (Lipinski definition) is 5. The summed E-state index contributed by atoms with van der Waals surface area (Å²) in [6, 6.07) is 3.43. The van der Waals surface area contributed by atoms with Crippen LogP contribution >= 0.6 is 0 Å². The predicted molar refractivity (Wildman–Crippen MR) is 110 cm³/mol. The third-order valence-electron chi connectivity index (χ3n) is 5.77. The van der Waals surface area contributed by atoms with Crippen molar-refractivity contribution in [3.8, 4) is 11.3 Å². The molecule has 3 heterocycles. The van der Waals surface area contributed by atoms with Gasteiger partial charge in [0.25, 0.3) is 5.91 Å². The number of amides is 1. The second kappa shape index (κ2) is 7.59. The van der Waals surface area contributed by atoms with Gasteiger partial charge in [0.1, 0.15) is 0 Å². The zero-order valence-corrected chi connectivity index (χ0v) is 16.8. The second-order valence-electron chi connectivity index (χ2n) is 7.70. The number of aromatic nitrogens is 5. The van der Waals surface area contributed by atoms with Gasteiger partial charge in [-0.15, -0.1) is 0 Å². The quantitative estimate of drug-likeness (QED) is 0.386. The maximum Gasteiger partial charge on any atom is 0.435 e. The van der Waals surface area contributed by atoms with Crippen LogP contribution in [0.3, 0.4) is 0 Å². The number of aliphatic hydroxyl groups is 1. The van der Waals surface area contributed by atoms with Crippen LogP contribution in [0.2, 0.25) is 0 Å². The number of carbonyl (C=O) groups is 1. The van der Waals surface area contributed by atoms with E-state index in [9.17, 15) is 18.0 Å². The molecule has 166 valence electrons. The van der Waals surface area contributed by atoms with Crippen LogP contribution in [0, 0.1) is 0 Å². The Morgan fingerprint density at radius 2 is 1.91 bits per heavy atom. The van der Waals surface area contributed by atoms with E-state index in [0.29, 0.717) is 29.3 Å². The van der Waals surface area contributed by atoms with Gasteiger partial charge in [-0.25, -0.2) is 4.98 Å². The van der Waals surface area contributed by atoms with Crippen LogP contribution in [-0.4, -0.2) is 49.5 Å². The van der Waals surface area contributed by atoms with Crippen molar-refractivity contribution >= 4 is 27.7 Å². The van der Waals surface area contributed by atoms with Gasteiger partial charge in [0.2, 0.25) is 0 Å². The van der Waals surface area contributed by atoms with Crippen LogP contribution in [0.5, 0.6) is 0 Å². The molecule has 4 N–H and O–H groups in total. The Morgan fingerprint density at radius 1 is 1.12 bits per heavy atom. The van der Waals surface area contributed by atoms with Crippen LogP contribution in [0.1, 0.15) is 40.2 Å². The Morgan fingerprint density at radius 3 is 2.66 bits per heavy atom. The van der Waals surface area contributed by atoms with Gasteiger partial charge in [0.15, 0.2) is 11.4 Å². The number of aromatic amines is 2. The van der Waals surface area contributed by atoms with Gasteiger partial charge in [0.05, 0.1) is 28.9 Å². The highest BCUT2D eigenvalue weighted by molar-refractivity contribution is 6.17. The van der Waals surface area contributed by atoms with Gasteiger partial charge in [-0.05, 0) is 48.9 Å². The highest BCUT2D eigenvalue weighted by Gasteiger charge is 2.38. The van der Waals surface area contributed by atoms with E-state index < -0.39 is 17.8 Å². The summed E-state index contributed by atoms with van der Waals surface area (Å²) in [5.74, 6) is -0.444. The molecule has 1 amide bonds. The largest absolute Gasteiger partial charge is 0.435 e. The fraction of sp³-hybridized carbons (Fsp3) is 0.333. The Labute approximate surface area is 179 Å². The first-order valence-corrected chi connectivity index (χ1v) is 10.2. The number of hydrogen-bond donors (Lipinski definition) is 4. The fourth-order valence-electron chi connectivity index (χ4n) is 4.46. The maximum atomic E-state index is 13.5. The van der Waals surface area contributed by atoms with E-state index in [-0.39, 0.29) is 30.1 Å². The molecular weight excluding hydrogens is 425 g/mol. The van der Waals surface area contributed by atoms with Gasteiger partial charge >= 0.3 is 6.18 Å². The lowest BCUT2D eigenvalue weighted by Gasteiger charge is -2.22. The smallest absolute Gasteiger partial charge is 0.395 e. The number of H-pyrrole nitrogens is 2. The fourth-order valence-corrected chi connectivity index (χ4v) is 4.46. The van der Waals surface area contributed by atoms with Crippen molar-refractivity contribution in [3.05, 3.63) is 40.8 Å². The number of nitrogens with one attached hydrogen (secondary N) is 3. The number of carbonyl (C=O) groups excluding carboxylic acids is 1. The molecule has 0 radical (unpaired) electrons. The summed E-state index contributed by atoms with van der Waals surface area (Å²) in [5.41, 5.74) is 2.10. The van der Waals surface area contributed by atoms with Crippen molar-refractivity contribution in [2.75, 3.05) is 13.2 Å². The Hall–Kier alpha value is -3.47. The van der Waals surface area contributed by atoms with E-state index in [0.717, 1.165) is 29.4 Å². The Balaban J connectivity index is 1.80. The van der Waals surface area contributed by atoms with Gasteiger partial charge in [-0.2, -0.15) is 23.4 Å². The number of halogens is 3. The molecule has 5 rings (SSSR count). The van der Waals surface area contributed by atoms with Crippen molar-refractivity contribution in [3.63, 3.8) is 0 Å². The molecule has 0 atom stereocenters. The van der Waals surface area contributed by atoms with Crippen molar-refractivity contribution in [2.24, 2.45) is 0 Å². The van der Waals surface area contributed by atoms with E-state index >= 15 is 0 Å². The summed E-state index contributed by atoms with van der Waals surface area (Å²) in [6.07, 6.45) is -0.435. The van der Waals surface area contributed by atoms with E-state index in [2.05, 4.69) is 30.7 Å². The lowest BCUT2D eigenvalue weighted by molar-refractivity contribution is -0.140. The van der Waals surface area contributed by atoms with E-state index in [4.69, 9.17) is 5.11 Å². The van der Waals surface area contributed by atoms with E-state index in [1.807, 2.05) is 0 Å². The first-order valence-electron chi connectivity index (χ1n) is 10.2. The summed E-state index contributed by atoms with van der Waals surface area (Å²) in [6.45, 7) is -0.124. The molecule has 8 nitrogen and oxygen atoms in total. The van der Waals surface area contributed by atoms with Gasteiger partial charge in [-0.1, -0.05) is 0 Å². The lowest BCUT2D eigenvalue weighted by atomic mass is 9.85. The number of fused-ring (bicyclic) bond motifs is 5. The zero-order chi connectivity index (χ0) is 22.5. The minimum Gasteiger partial charge on any atom is -0.395 e. The molecule has 32 heavy (non-hydrogen) atoms. The monoisotopic (exact) mass is 444 g/mol. The van der Waals surface area contributed by atoms with Crippen molar-refractivity contribution in [1.29, 1.82) is 0 Å². The molecule has 0 spiro atoms. The maximum absolute atomic E-state index is 13.5. The zero-order valence-electron chi connectivity index (χ0n) is 16.8. The van der Waals surface area contributed by atoms with Crippen LogP contribution in [-0.2, 0) is 19.0 Å². The summed E-state index contributed by atoms with van der Waals surface area (Å²) in [7, 11) is 0. The van der Waals surface area contributed by atoms with Gasteiger partial charge < -0.3 is 10.4 Å². The second-order valence-corrected chi connectivity index (χ2v) is 7.70. The van der Waals surface area contributed by atoms with Gasteiger partial charge in [0, 0.05) is 23.5 Å². The summed E-state index contributed by atoms with van der Waals surface area (Å²) < 4.78 is 40.6. The normalized spacial score (nSPS) is 14.1. The highest BCUT2D eigenvalue weighted by atomic mass is 19.4. The molecule has 0 saturated heterocycles. The van der Waals surface area contributed by atoms with Crippen LogP contribution < -0.4 is 5.32 Å². The number of benzene rings is 1. The molecular formula is C21H19F3N6O2.